The quantitative estimate of drug-likeness (QED) is 0.797. The van der Waals surface area contributed by atoms with E-state index in [-0.39, 0.29) is 5.56 Å². The number of aromatic nitrogens is 1. The smallest absolute Gasteiger partial charge is 0.264 e. The molecule has 1 heterocycles. The molecule has 18 heavy (non-hydrogen) atoms. The standard InChI is InChI=1S/C14H13Br2NO/c15-12-9-13(16)14(18)17(10-12)8-4-7-11-5-2-1-3-6-11/h1-3,5-6,9-10H,4,7-8H2. The number of rotatable bonds is 4. The van der Waals surface area contributed by atoms with Gasteiger partial charge in [-0.25, -0.2) is 0 Å². The van der Waals surface area contributed by atoms with Crippen LogP contribution in [0.1, 0.15) is 12.0 Å². The SMILES string of the molecule is O=c1c(Br)cc(Br)cn1CCCc1ccccc1. The van der Waals surface area contributed by atoms with Gasteiger partial charge in [-0.3, -0.25) is 4.79 Å². The van der Waals surface area contributed by atoms with Gasteiger partial charge in [0.2, 0.25) is 0 Å². The molecule has 0 fully saturated rings. The molecule has 0 amide bonds. The molecule has 4 heteroatoms. The fourth-order valence-corrected chi connectivity index (χ4v) is 3.09. The fraction of sp³-hybridized carbons (Fsp3) is 0.214. The summed E-state index contributed by atoms with van der Waals surface area (Å²) >= 11 is 6.66. The first-order valence-electron chi connectivity index (χ1n) is 5.76. The van der Waals surface area contributed by atoms with Crippen molar-refractivity contribution in [2.45, 2.75) is 19.4 Å². The summed E-state index contributed by atoms with van der Waals surface area (Å²) in [5.74, 6) is 0. The van der Waals surface area contributed by atoms with Crippen molar-refractivity contribution in [2.75, 3.05) is 0 Å². The molecule has 0 radical (unpaired) electrons. The summed E-state index contributed by atoms with van der Waals surface area (Å²) in [5, 5.41) is 0. The van der Waals surface area contributed by atoms with Crippen LogP contribution in [0.15, 0.2) is 56.3 Å². The third-order valence-electron chi connectivity index (χ3n) is 2.72. The van der Waals surface area contributed by atoms with Crippen LogP contribution >= 0.6 is 31.9 Å². The number of aryl methyl sites for hydroxylation is 2. The predicted molar refractivity (Wildman–Crippen MR) is 80.9 cm³/mol. The molecule has 1 aromatic carbocycles. The molecule has 94 valence electrons. The molecule has 0 bridgehead atoms. The van der Waals surface area contributed by atoms with E-state index in [1.54, 1.807) is 10.6 Å². The molecule has 2 nitrogen and oxygen atoms in total. The van der Waals surface area contributed by atoms with E-state index in [1.165, 1.54) is 5.56 Å². The van der Waals surface area contributed by atoms with Gasteiger partial charge in [0.05, 0.1) is 4.47 Å². The summed E-state index contributed by atoms with van der Waals surface area (Å²) in [6.45, 7) is 0.728. The van der Waals surface area contributed by atoms with Crippen LogP contribution in [0, 0.1) is 0 Å². The van der Waals surface area contributed by atoms with Crippen LogP contribution in [0.5, 0.6) is 0 Å². The largest absolute Gasteiger partial charge is 0.313 e. The van der Waals surface area contributed by atoms with Gasteiger partial charge in [0.1, 0.15) is 0 Å². The maximum Gasteiger partial charge on any atom is 0.264 e. The van der Waals surface area contributed by atoms with Crippen LogP contribution in [0.4, 0.5) is 0 Å². The summed E-state index contributed by atoms with van der Waals surface area (Å²) in [5.41, 5.74) is 1.32. The number of pyridine rings is 1. The molecule has 0 aliphatic heterocycles. The van der Waals surface area contributed by atoms with E-state index >= 15 is 0 Å². The van der Waals surface area contributed by atoms with Gasteiger partial charge in [0.25, 0.3) is 5.56 Å². The first kappa shape index (κ1) is 13.6. The Morgan fingerprint density at radius 3 is 2.56 bits per heavy atom. The Morgan fingerprint density at radius 1 is 1.11 bits per heavy atom. The van der Waals surface area contributed by atoms with E-state index < -0.39 is 0 Å². The Kier molecular flexibility index (Phi) is 4.78. The van der Waals surface area contributed by atoms with Crippen molar-refractivity contribution in [3.8, 4) is 0 Å². The Balaban J connectivity index is 2.01. The molecule has 0 atom stereocenters. The van der Waals surface area contributed by atoms with Crippen molar-refractivity contribution in [3.05, 3.63) is 67.5 Å². The zero-order valence-corrected chi connectivity index (χ0v) is 12.9. The lowest BCUT2D eigenvalue weighted by molar-refractivity contribution is 0.619. The molecule has 0 aliphatic rings. The average Bonchev–Trinajstić information content (AvgIpc) is 2.36. The summed E-state index contributed by atoms with van der Waals surface area (Å²) in [4.78, 5) is 11.9. The molecular weight excluding hydrogens is 358 g/mol. The van der Waals surface area contributed by atoms with Crippen LogP contribution in [0.25, 0.3) is 0 Å². The van der Waals surface area contributed by atoms with Crippen molar-refractivity contribution >= 4 is 31.9 Å². The highest BCUT2D eigenvalue weighted by Gasteiger charge is 2.03. The molecular formula is C14H13Br2NO. The van der Waals surface area contributed by atoms with Crippen molar-refractivity contribution in [1.29, 1.82) is 0 Å². The first-order valence-corrected chi connectivity index (χ1v) is 7.35. The first-order chi connectivity index (χ1) is 8.66. The number of benzene rings is 1. The predicted octanol–water partition coefficient (Wildman–Crippen LogP) is 4.01. The van der Waals surface area contributed by atoms with Crippen LogP contribution in [-0.4, -0.2) is 4.57 Å². The number of hydrogen-bond donors (Lipinski definition) is 0. The second kappa shape index (κ2) is 6.34. The van der Waals surface area contributed by atoms with Gasteiger partial charge in [-0.15, -0.1) is 0 Å². The minimum Gasteiger partial charge on any atom is -0.313 e. The highest BCUT2D eigenvalue weighted by atomic mass is 79.9. The summed E-state index contributed by atoms with van der Waals surface area (Å²) in [6, 6.07) is 12.1. The second-order valence-electron chi connectivity index (χ2n) is 4.09. The van der Waals surface area contributed by atoms with E-state index in [0.29, 0.717) is 4.47 Å². The van der Waals surface area contributed by atoms with Crippen molar-refractivity contribution in [1.82, 2.24) is 4.57 Å². The molecule has 2 rings (SSSR count). The number of nitrogens with zero attached hydrogens (tertiary/aromatic N) is 1. The Labute approximate surface area is 123 Å². The number of halogens is 2. The van der Waals surface area contributed by atoms with Gasteiger partial charge in [-0.2, -0.15) is 0 Å². The summed E-state index contributed by atoms with van der Waals surface area (Å²) in [7, 11) is 0. The van der Waals surface area contributed by atoms with Crippen LogP contribution < -0.4 is 5.56 Å². The highest BCUT2D eigenvalue weighted by Crippen LogP contribution is 2.13. The number of hydrogen-bond acceptors (Lipinski definition) is 1. The second-order valence-corrected chi connectivity index (χ2v) is 5.86. The molecule has 0 saturated heterocycles. The highest BCUT2D eigenvalue weighted by molar-refractivity contribution is 9.11. The van der Waals surface area contributed by atoms with Gasteiger partial charge in [-0.05, 0) is 56.3 Å². The average molecular weight is 371 g/mol. The van der Waals surface area contributed by atoms with Gasteiger partial charge < -0.3 is 4.57 Å². The van der Waals surface area contributed by atoms with E-state index in [1.807, 2.05) is 24.4 Å². The molecule has 0 spiro atoms. The van der Waals surface area contributed by atoms with E-state index in [0.717, 1.165) is 23.9 Å². The normalized spacial score (nSPS) is 10.6. The van der Waals surface area contributed by atoms with Gasteiger partial charge >= 0.3 is 0 Å². The molecule has 2 aromatic rings. The third-order valence-corrected chi connectivity index (χ3v) is 3.72. The lowest BCUT2D eigenvalue weighted by Crippen LogP contribution is -2.20. The molecule has 0 saturated carbocycles. The Morgan fingerprint density at radius 2 is 1.83 bits per heavy atom. The van der Waals surface area contributed by atoms with Crippen LogP contribution in [-0.2, 0) is 13.0 Å². The maximum absolute atomic E-state index is 11.9. The third kappa shape index (κ3) is 3.56. The molecule has 0 N–H and O–H groups in total. The summed E-state index contributed by atoms with van der Waals surface area (Å²) in [6.07, 6.45) is 3.77. The Hall–Kier alpha value is -0.870. The molecule has 0 unspecified atom stereocenters. The zero-order valence-electron chi connectivity index (χ0n) is 9.77. The van der Waals surface area contributed by atoms with Crippen molar-refractivity contribution in [3.63, 3.8) is 0 Å². The lowest BCUT2D eigenvalue weighted by atomic mass is 10.1. The maximum atomic E-state index is 11.9. The van der Waals surface area contributed by atoms with Gasteiger partial charge in [0, 0.05) is 17.2 Å². The van der Waals surface area contributed by atoms with E-state index in [4.69, 9.17) is 0 Å². The summed E-state index contributed by atoms with van der Waals surface area (Å²) < 4.78 is 3.24. The topological polar surface area (TPSA) is 22.0 Å². The fourth-order valence-electron chi connectivity index (χ4n) is 1.83. The zero-order chi connectivity index (χ0) is 13.0. The minimum absolute atomic E-state index is 0.0197. The molecule has 0 aliphatic carbocycles. The minimum atomic E-state index is 0.0197. The monoisotopic (exact) mass is 369 g/mol. The van der Waals surface area contributed by atoms with Gasteiger partial charge in [-0.1, -0.05) is 30.3 Å². The van der Waals surface area contributed by atoms with Crippen LogP contribution in [0.2, 0.25) is 0 Å². The van der Waals surface area contributed by atoms with E-state index in [2.05, 4.69) is 44.0 Å². The van der Waals surface area contributed by atoms with Crippen molar-refractivity contribution < 1.29 is 0 Å². The van der Waals surface area contributed by atoms with Crippen molar-refractivity contribution in [2.24, 2.45) is 0 Å². The van der Waals surface area contributed by atoms with E-state index in [9.17, 15) is 4.79 Å². The molecule has 1 aromatic heterocycles. The van der Waals surface area contributed by atoms with Crippen LogP contribution in [0.3, 0.4) is 0 Å². The van der Waals surface area contributed by atoms with Gasteiger partial charge in [0.15, 0.2) is 0 Å². The Bertz CT molecular complexity index is 578. The lowest BCUT2D eigenvalue weighted by Gasteiger charge is -2.07.